The second-order valence-electron chi connectivity index (χ2n) is 8.26. The van der Waals surface area contributed by atoms with Crippen molar-refractivity contribution in [1.82, 2.24) is 19.7 Å². The fraction of sp³-hybridized carbons (Fsp3) is 0.192. The summed E-state index contributed by atoms with van der Waals surface area (Å²) in [4.78, 5) is 18.0. The predicted molar refractivity (Wildman–Crippen MR) is 129 cm³/mol. The minimum absolute atomic E-state index is 0.0595. The van der Waals surface area contributed by atoms with E-state index in [4.69, 9.17) is 15.6 Å². The summed E-state index contributed by atoms with van der Waals surface area (Å²) in [5, 5.41) is 5.79. The molecular formula is C26H25N5O2. The number of benzene rings is 2. The molecule has 1 aliphatic carbocycles. The maximum atomic E-state index is 11.9. The van der Waals surface area contributed by atoms with Crippen molar-refractivity contribution in [2.75, 3.05) is 12.8 Å². The number of nitrogens with zero attached hydrogens (tertiary/aromatic N) is 4. The molecule has 7 heteroatoms. The lowest BCUT2D eigenvalue weighted by molar-refractivity contribution is -0.129. The molecule has 1 amide bonds. The van der Waals surface area contributed by atoms with Gasteiger partial charge in [-0.25, -0.2) is 4.98 Å². The van der Waals surface area contributed by atoms with Gasteiger partial charge in [0.2, 0.25) is 5.91 Å². The van der Waals surface area contributed by atoms with E-state index in [-0.39, 0.29) is 18.0 Å². The molecule has 5 rings (SSSR count). The average Bonchev–Trinajstić information content (AvgIpc) is 3.19. The molecule has 2 aromatic carbocycles. The summed E-state index contributed by atoms with van der Waals surface area (Å²) in [5.74, 6) is 1.92. The highest BCUT2D eigenvalue weighted by atomic mass is 16.5. The normalized spacial score (nSPS) is 17.4. The molecule has 2 N–H and O–H groups in total. The van der Waals surface area contributed by atoms with Crippen LogP contribution in [0.3, 0.4) is 0 Å². The Morgan fingerprint density at radius 3 is 2.52 bits per heavy atom. The Morgan fingerprint density at radius 1 is 1.12 bits per heavy atom. The van der Waals surface area contributed by atoms with Gasteiger partial charge in [-0.15, -0.1) is 0 Å². The largest absolute Gasteiger partial charge is 0.457 e. The topological polar surface area (TPSA) is 86.3 Å². The fourth-order valence-electron chi connectivity index (χ4n) is 4.30. The highest BCUT2D eigenvalue weighted by Crippen LogP contribution is 2.40. The number of anilines is 1. The number of likely N-dealkylation sites (N-methyl/N-ethyl adjacent to an activating group) is 1. The van der Waals surface area contributed by atoms with E-state index in [0.717, 1.165) is 46.5 Å². The lowest BCUT2D eigenvalue weighted by Crippen LogP contribution is -2.45. The molecule has 0 saturated heterocycles. The summed E-state index contributed by atoms with van der Waals surface area (Å²) in [5.41, 5.74) is 8.96. The van der Waals surface area contributed by atoms with Gasteiger partial charge in [-0.05, 0) is 61.4 Å². The lowest BCUT2D eigenvalue weighted by atomic mass is 9.85. The van der Waals surface area contributed by atoms with Gasteiger partial charge in [-0.1, -0.05) is 24.8 Å². The molecule has 4 aromatic rings. The van der Waals surface area contributed by atoms with Crippen LogP contribution in [0.2, 0.25) is 0 Å². The van der Waals surface area contributed by atoms with E-state index >= 15 is 0 Å². The molecule has 0 spiro atoms. The molecule has 1 aliphatic rings. The number of pyridine rings is 1. The van der Waals surface area contributed by atoms with Crippen molar-refractivity contribution in [3.63, 3.8) is 0 Å². The number of carbonyl (C=O) groups is 1. The van der Waals surface area contributed by atoms with E-state index in [1.807, 2.05) is 72.4 Å². The fourth-order valence-corrected chi connectivity index (χ4v) is 4.30. The molecule has 0 unspecified atom stereocenters. The van der Waals surface area contributed by atoms with Crippen molar-refractivity contribution in [2.45, 2.75) is 24.9 Å². The standard InChI is InChI=1S/C26H25N5O2/c1-3-23(32)30(2)18-15-19(16-18)31-22-13-14-28-26(27)24(22)25(29-31)17-9-11-21(12-10-17)33-20-7-5-4-6-8-20/h3-14,18-19H,1,15-16H2,2H3,(H2,27,28). The van der Waals surface area contributed by atoms with Crippen LogP contribution in [0.15, 0.2) is 79.5 Å². The third-order valence-electron chi connectivity index (χ3n) is 6.26. The van der Waals surface area contributed by atoms with Gasteiger partial charge in [0.1, 0.15) is 23.0 Å². The van der Waals surface area contributed by atoms with Gasteiger partial charge in [0.05, 0.1) is 16.9 Å². The number of fused-ring (bicyclic) bond motifs is 1. The molecule has 166 valence electrons. The van der Waals surface area contributed by atoms with Gasteiger partial charge < -0.3 is 15.4 Å². The molecule has 1 fully saturated rings. The van der Waals surface area contributed by atoms with Gasteiger partial charge >= 0.3 is 0 Å². The minimum Gasteiger partial charge on any atom is -0.457 e. The Bertz CT molecular complexity index is 1310. The Morgan fingerprint density at radius 2 is 1.82 bits per heavy atom. The van der Waals surface area contributed by atoms with Gasteiger partial charge in [0.15, 0.2) is 0 Å². The zero-order chi connectivity index (χ0) is 22.9. The molecule has 2 aromatic heterocycles. The number of hydrogen-bond acceptors (Lipinski definition) is 5. The summed E-state index contributed by atoms with van der Waals surface area (Å²) >= 11 is 0. The van der Waals surface area contributed by atoms with E-state index in [0.29, 0.717) is 5.82 Å². The number of rotatable bonds is 6. The summed E-state index contributed by atoms with van der Waals surface area (Å²) in [6.45, 7) is 3.58. The molecule has 0 bridgehead atoms. The van der Waals surface area contributed by atoms with Gasteiger partial charge in [0.25, 0.3) is 0 Å². The highest BCUT2D eigenvalue weighted by Gasteiger charge is 2.36. The number of nitrogen functional groups attached to an aromatic ring is 1. The van der Waals surface area contributed by atoms with Crippen LogP contribution in [0.1, 0.15) is 18.9 Å². The zero-order valence-electron chi connectivity index (χ0n) is 18.4. The maximum absolute atomic E-state index is 11.9. The average molecular weight is 440 g/mol. The van der Waals surface area contributed by atoms with Crippen molar-refractivity contribution in [3.8, 4) is 22.8 Å². The molecule has 2 heterocycles. The summed E-state index contributed by atoms with van der Waals surface area (Å²) in [6, 6.07) is 19.8. The van der Waals surface area contributed by atoms with Crippen LogP contribution < -0.4 is 10.5 Å². The number of para-hydroxylation sites is 1. The first-order valence-corrected chi connectivity index (χ1v) is 10.9. The first-order chi connectivity index (χ1) is 16.0. The summed E-state index contributed by atoms with van der Waals surface area (Å²) in [7, 11) is 1.82. The molecule has 0 aliphatic heterocycles. The van der Waals surface area contributed by atoms with Crippen molar-refractivity contribution >= 4 is 22.6 Å². The van der Waals surface area contributed by atoms with Crippen molar-refractivity contribution in [3.05, 3.63) is 79.5 Å². The molecular weight excluding hydrogens is 414 g/mol. The van der Waals surface area contributed by atoms with Crippen LogP contribution >= 0.6 is 0 Å². The van der Waals surface area contributed by atoms with Crippen LogP contribution in [0.25, 0.3) is 22.2 Å². The minimum atomic E-state index is -0.0595. The van der Waals surface area contributed by atoms with Crippen LogP contribution in [0, 0.1) is 0 Å². The second-order valence-corrected chi connectivity index (χ2v) is 8.26. The molecule has 1 saturated carbocycles. The van der Waals surface area contributed by atoms with Crippen LogP contribution in [-0.4, -0.2) is 38.7 Å². The summed E-state index contributed by atoms with van der Waals surface area (Å²) < 4.78 is 7.94. The predicted octanol–water partition coefficient (Wildman–Crippen LogP) is 4.82. The number of ether oxygens (including phenoxy) is 1. The monoisotopic (exact) mass is 439 g/mol. The lowest BCUT2D eigenvalue weighted by Gasteiger charge is -2.41. The number of amides is 1. The first kappa shape index (κ1) is 20.8. The van der Waals surface area contributed by atoms with E-state index < -0.39 is 0 Å². The Balaban J connectivity index is 1.44. The number of aromatic nitrogens is 3. The number of nitrogens with two attached hydrogens (primary N) is 1. The molecule has 0 radical (unpaired) electrons. The number of hydrogen-bond donors (Lipinski definition) is 1. The Kier molecular flexibility index (Phi) is 5.30. The number of carbonyl (C=O) groups excluding carboxylic acids is 1. The third kappa shape index (κ3) is 3.82. The Labute approximate surface area is 192 Å². The highest BCUT2D eigenvalue weighted by molar-refractivity contribution is 6.00. The first-order valence-electron chi connectivity index (χ1n) is 10.9. The van der Waals surface area contributed by atoms with Gasteiger partial charge in [-0.2, -0.15) is 5.10 Å². The van der Waals surface area contributed by atoms with Gasteiger partial charge in [-0.3, -0.25) is 9.48 Å². The third-order valence-corrected chi connectivity index (χ3v) is 6.26. The van der Waals surface area contributed by atoms with E-state index in [9.17, 15) is 4.79 Å². The van der Waals surface area contributed by atoms with E-state index in [2.05, 4.69) is 11.6 Å². The zero-order valence-corrected chi connectivity index (χ0v) is 18.4. The smallest absolute Gasteiger partial charge is 0.245 e. The van der Waals surface area contributed by atoms with Crippen molar-refractivity contribution in [2.24, 2.45) is 0 Å². The molecule has 7 nitrogen and oxygen atoms in total. The quantitative estimate of drug-likeness (QED) is 0.435. The van der Waals surface area contributed by atoms with Crippen molar-refractivity contribution in [1.29, 1.82) is 0 Å². The van der Waals surface area contributed by atoms with Crippen LogP contribution in [0.4, 0.5) is 5.82 Å². The van der Waals surface area contributed by atoms with E-state index in [1.54, 1.807) is 11.1 Å². The molecule has 0 atom stereocenters. The maximum Gasteiger partial charge on any atom is 0.245 e. The molecule has 33 heavy (non-hydrogen) atoms. The van der Waals surface area contributed by atoms with E-state index in [1.165, 1.54) is 6.08 Å². The summed E-state index contributed by atoms with van der Waals surface area (Å²) in [6.07, 6.45) is 4.73. The Hall–Kier alpha value is -4.13. The van der Waals surface area contributed by atoms with Crippen molar-refractivity contribution < 1.29 is 9.53 Å². The van der Waals surface area contributed by atoms with Crippen LogP contribution in [-0.2, 0) is 4.79 Å². The van der Waals surface area contributed by atoms with Gasteiger partial charge in [0, 0.05) is 24.8 Å². The van der Waals surface area contributed by atoms with Crippen LogP contribution in [0.5, 0.6) is 11.5 Å². The SMILES string of the molecule is C=CC(=O)N(C)C1CC(n2nc(-c3ccc(Oc4ccccc4)cc3)c3c(N)nccc32)C1. The second kappa shape index (κ2) is 8.43.